The fraction of sp³-hybridized carbons (Fsp3) is 1.00. The normalized spacial score (nSPS) is 12.3. The van der Waals surface area contributed by atoms with E-state index in [0.29, 0.717) is 13.0 Å². The van der Waals surface area contributed by atoms with Crippen molar-refractivity contribution in [1.29, 1.82) is 0 Å². The molecule has 4 nitrogen and oxygen atoms in total. The van der Waals surface area contributed by atoms with E-state index in [2.05, 4.69) is 0 Å². The molecule has 0 spiro atoms. The molecule has 14 heavy (non-hydrogen) atoms. The predicted molar refractivity (Wildman–Crippen MR) is 57.6 cm³/mol. The van der Waals surface area contributed by atoms with Gasteiger partial charge in [-0.05, 0) is 12.8 Å². The van der Waals surface area contributed by atoms with Gasteiger partial charge in [0.15, 0.2) is 0 Å². The first kappa shape index (κ1) is 13.9. The van der Waals surface area contributed by atoms with E-state index in [1.54, 1.807) is 0 Å². The number of hydrogen-bond donors (Lipinski definition) is 1. The van der Waals surface area contributed by atoms with Crippen LogP contribution in [0.15, 0.2) is 0 Å². The lowest BCUT2D eigenvalue weighted by Gasteiger charge is -2.20. The number of rotatable bonds is 8. The van der Waals surface area contributed by atoms with Crippen molar-refractivity contribution >= 4 is 10.0 Å². The summed E-state index contributed by atoms with van der Waals surface area (Å²) in [6.07, 6.45) is 2.34. The van der Waals surface area contributed by atoms with Crippen LogP contribution in [0, 0.1) is 0 Å². The second kappa shape index (κ2) is 7.20. The smallest absolute Gasteiger partial charge is 0.214 e. The lowest BCUT2D eigenvalue weighted by molar-refractivity contribution is 0.253. The Labute approximate surface area is 87.0 Å². The highest BCUT2D eigenvalue weighted by molar-refractivity contribution is 7.89. The van der Waals surface area contributed by atoms with Crippen LogP contribution in [0.1, 0.15) is 33.1 Å². The van der Waals surface area contributed by atoms with Crippen LogP contribution in [0.4, 0.5) is 0 Å². The van der Waals surface area contributed by atoms with Crippen LogP contribution in [0.5, 0.6) is 0 Å². The Bertz CT molecular complexity index is 220. The SMILES string of the molecule is CCCCS(=O)(=O)N(CCC)CCO. The molecule has 0 aromatic rings. The monoisotopic (exact) mass is 223 g/mol. The average molecular weight is 223 g/mol. The van der Waals surface area contributed by atoms with Crippen LogP contribution in [-0.2, 0) is 10.0 Å². The third kappa shape index (κ3) is 4.93. The topological polar surface area (TPSA) is 57.6 Å². The molecule has 0 radical (unpaired) electrons. The van der Waals surface area contributed by atoms with Crippen LogP contribution >= 0.6 is 0 Å². The summed E-state index contributed by atoms with van der Waals surface area (Å²) in [5.74, 6) is 0.198. The molecule has 0 unspecified atom stereocenters. The summed E-state index contributed by atoms with van der Waals surface area (Å²) in [5.41, 5.74) is 0. The van der Waals surface area contributed by atoms with Crippen LogP contribution in [0.2, 0.25) is 0 Å². The van der Waals surface area contributed by atoms with Crippen LogP contribution in [0.25, 0.3) is 0 Å². The zero-order chi connectivity index (χ0) is 11.0. The molecule has 0 aliphatic rings. The molecule has 0 atom stereocenters. The molecule has 5 heteroatoms. The molecule has 0 heterocycles. The molecule has 0 fully saturated rings. The molecule has 0 aromatic heterocycles. The Morgan fingerprint density at radius 1 is 1.14 bits per heavy atom. The van der Waals surface area contributed by atoms with Gasteiger partial charge in [-0.3, -0.25) is 0 Å². The maximum absolute atomic E-state index is 11.7. The maximum Gasteiger partial charge on any atom is 0.214 e. The summed E-state index contributed by atoms with van der Waals surface area (Å²) < 4.78 is 24.7. The van der Waals surface area contributed by atoms with Crippen LogP contribution in [0.3, 0.4) is 0 Å². The highest BCUT2D eigenvalue weighted by Crippen LogP contribution is 2.05. The molecule has 0 aliphatic carbocycles. The van der Waals surface area contributed by atoms with E-state index in [9.17, 15) is 8.42 Å². The standard InChI is InChI=1S/C9H21NO3S/c1-3-5-9-14(12,13)10(6-4-2)7-8-11/h11H,3-9H2,1-2H3. The zero-order valence-electron chi connectivity index (χ0n) is 9.07. The average Bonchev–Trinajstić information content (AvgIpc) is 2.14. The highest BCUT2D eigenvalue weighted by atomic mass is 32.2. The second-order valence-electron chi connectivity index (χ2n) is 3.29. The van der Waals surface area contributed by atoms with Gasteiger partial charge in [0.2, 0.25) is 10.0 Å². The van der Waals surface area contributed by atoms with Crippen molar-refractivity contribution in [2.24, 2.45) is 0 Å². The molecular weight excluding hydrogens is 202 g/mol. The van der Waals surface area contributed by atoms with Gasteiger partial charge in [-0.2, -0.15) is 4.31 Å². The predicted octanol–water partition coefficient (Wildman–Crippen LogP) is 0.821. The Morgan fingerprint density at radius 2 is 1.79 bits per heavy atom. The number of unbranched alkanes of at least 4 members (excludes halogenated alkanes) is 1. The quantitative estimate of drug-likeness (QED) is 0.663. The van der Waals surface area contributed by atoms with Gasteiger partial charge in [0, 0.05) is 13.1 Å². The van der Waals surface area contributed by atoms with Crippen molar-refractivity contribution in [3.63, 3.8) is 0 Å². The van der Waals surface area contributed by atoms with Gasteiger partial charge >= 0.3 is 0 Å². The van der Waals surface area contributed by atoms with Gasteiger partial charge in [0.25, 0.3) is 0 Å². The lowest BCUT2D eigenvalue weighted by Crippen LogP contribution is -2.35. The molecule has 1 N–H and O–H groups in total. The highest BCUT2D eigenvalue weighted by Gasteiger charge is 2.19. The molecule has 86 valence electrons. The van der Waals surface area contributed by atoms with Crippen molar-refractivity contribution in [2.75, 3.05) is 25.4 Å². The van der Waals surface area contributed by atoms with Crippen molar-refractivity contribution in [1.82, 2.24) is 4.31 Å². The number of hydrogen-bond acceptors (Lipinski definition) is 3. The summed E-state index contributed by atoms with van der Waals surface area (Å²) in [6.45, 7) is 4.52. The summed E-state index contributed by atoms with van der Waals surface area (Å²) in [5, 5.41) is 8.75. The summed E-state index contributed by atoms with van der Waals surface area (Å²) in [7, 11) is -3.14. The Balaban J connectivity index is 4.29. The molecule has 0 aromatic carbocycles. The largest absolute Gasteiger partial charge is 0.395 e. The summed E-state index contributed by atoms with van der Waals surface area (Å²) in [4.78, 5) is 0. The molecule has 0 rings (SSSR count). The van der Waals surface area contributed by atoms with E-state index in [4.69, 9.17) is 5.11 Å². The summed E-state index contributed by atoms with van der Waals surface area (Å²) >= 11 is 0. The Kier molecular flexibility index (Phi) is 7.13. The van der Waals surface area contributed by atoms with E-state index >= 15 is 0 Å². The van der Waals surface area contributed by atoms with Crippen molar-refractivity contribution in [2.45, 2.75) is 33.1 Å². The first-order valence-corrected chi connectivity index (χ1v) is 6.78. The maximum atomic E-state index is 11.7. The van der Waals surface area contributed by atoms with Gasteiger partial charge in [0.1, 0.15) is 0 Å². The molecule has 0 saturated heterocycles. The number of sulfonamides is 1. The Hall–Kier alpha value is -0.130. The van der Waals surface area contributed by atoms with E-state index < -0.39 is 10.0 Å². The fourth-order valence-corrected chi connectivity index (χ4v) is 2.94. The first-order valence-electron chi connectivity index (χ1n) is 5.17. The third-order valence-corrected chi connectivity index (χ3v) is 3.93. The third-order valence-electron chi connectivity index (χ3n) is 1.97. The van der Waals surface area contributed by atoms with E-state index in [1.807, 2.05) is 13.8 Å². The van der Waals surface area contributed by atoms with Crippen molar-refractivity contribution in [3.8, 4) is 0 Å². The van der Waals surface area contributed by atoms with Crippen LogP contribution in [-0.4, -0.2) is 43.3 Å². The van der Waals surface area contributed by atoms with Gasteiger partial charge < -0.3 is 5.11 Å². The fourth-order valence-electron chi connectivity index (χ4n) is 1.21. The first-order chi connectivity index (χ1) is 6.58. The molecule has 0 amide bonds. The van der Waals surface area contributed by atoms with Crippen molar-refractivity contribution in [3.05, 3.63) is 0 Å². The molecular formula is C9H21NO3S. The lowest BCUT2D eigenvalue weighted by atomic mass is 10.4. The van der Waals surface area contributed by atoms with Gasteiger partial charge in [0.05, 0.1) is 12.4 Å². The number of nitrogens with zero attached hydrogens (tertiary/aromatic N) is 1. The van der Waals surface area contributed by atoms with Crippen molar-refractivity contribution < 1.29 is 13.5 Å². The second-order valence-corrected chi connectivity index (χ2v) is 5.38. The van der Waals surface area contributed by atoms with E-state index in [1.165, 1.54) is 4.31 Å². The molecule has 0 saturated carbocycles. The minimum atomic E-state index is -3.14. The van der Waals surface area contributed by atoms with E-state index in [-0.39, 0.29) is 18.9 Å². The Morgan fingerprint density at radius 3 is 2.21 bits per heavy atom. The van der Waals surface area contributed by atoms with E-state index in [0.717, 1.165) is 12.8 Å². The van der Waals surface area contributed by atoms with Crippen LogP contribution < -0.4 is 0 Å². The number of aliphatic hydroxyl groups is 1. The minimum absolute atomic E-state index is 0.106. The van der Waals surface area contributed by atoms with Gasteiger partial charge in [-0.1, -0.05) is 20.3 Å². The minimum Gasteiger partial charge on any atom is -0.395 e. The van der Waals surface area contributed by atoms with Gasteiger partial charge in [-0.15, -0.1) is 0 Å². The number of aliphatic hydroxyl groups excluding tert-OH is 1. The molecule has 0 aliphatic heterocycles. The molecule has 0 bridgehead atoms. The zero-order valence-corrected chi connectivity index (χ0v) is 9.89. The summed E-state index contributed by atoms with van der Waals surface area (Å²) in [6, 6.07) is 0. The van der Waals surface area contributed by atoms with Gasteiger partial charge in [-0.25, -0.2) is 8.42 Å².